The molecular formula is C29H35N5O7. The van der Waals surface area contributed by atoms with Crippen LogP contribution in [0.4, 0.5) is 0 Å². The number of aliphatic hydroxyl groups is 1. The van der Waals surface area contributed by atoms with Crippen LogP contribution in [0, 0.1) is 0 Å². The van der Waals surface area contributed by atoms with Crippen molar-refractivity contribution >= 4 is 34.6 Å². The van der Waals surface area contributed by atoms with Crippen molar-refractivity contribution in [2.45, 2.75) is 62.9 Å². The Morgan fingerprint density at radius 2 is 1.76 bits per heavy atom. The molecule has 12 heteroatoms. The third-order valence-electron chi connectivity index (χ3n) is 7.37. The van der Waals surface area contributed by atoms with E-state index in [2.05, 4.69) is 15.6 Å². The lowest BCUT2D eigenvalue weighted by molar-refractivity contribution is -0.143. The number of hydrogen-bond donors (Lipinski definition) is 7. The summed E-state index contributed by atoms with van der Waals surface area (Å²) >= 11 is 0. The fraction of sp³-hybridized carbons (Fsp3) is 0.379. The predicted octanol–water partition coefficient (Wildman–Crippen LogP) is 0.412. The Balaban J connectivity index is 1.53. The normalized spacial score (nSPS) is 17.9. The number of benzene rings is 2. The Kier molecular flexibility index (Phi) is 9.25. The van der Waals surface area contributed by atoms with Crippen molar-refractivity contribution in [3.8, 4) is 5.75 Å². The van der Waals surface area contributed by atoms with Crippen molar-refractivity contribution in [3.63, 3.8) is 0 Å². The third-order valence-corrected chi connectivity index (χ3v) is 7.37. The second kappa shape index (κ2) is 12.8. The predicted molar refractivity (Wildman–Crippen MR) is 150 cm³/mol. The molecule has 218 valence electrons. The number of carboxylic acid groups (broad SMARTS) is 1. The van der Waals surface area contributed by atoms with E-state index in [1.807, 2.05) is 24.3 Å². The van der Waals surface area contributed by atoms with Gasteiger partial charge in [0.2, 0.25) is 17.7 Å². The minimum absolute atomic E-state index is 0.00509. The number of aromatic nitrogens is 1. The van der Waals surface area contributed by atoms with Gasteiger partial charge in [-0.15, -0.1) is 0 Å². The number of amides is 3. The second-order valence-electron chi connectivity index (χ2n) is 10.4. The summed E-state index contributed by atoms with van der Waals surface area (Å²) in [6.07, 6.45) is 1.49. The molecule has 0 bridgehead atoms. The van der Waals surface area contributed by atoms with Crippen LogP contribution < -0.4 is 16.4 Å². The average Bonchev–Trinajstić information content (AvgIpc) is 3.60. The number of aromatic amines is 1. The van der Waals surface area contributed by atoms with Gasteiger partial charge < -0.3 is 41.6 Å². The number of phenols is 1. The van der Waals surface area contributed by atoms with Gasteiger partial charge in [-0.25, -0.2) is 4.79 Å². The van der Waals surface area contributed by atoms with Crippen LogP contribution in [0.3, 0.4) is 0 Å². The molecule has 0 spiro atoms. The van der Waals surface area contributed by atoms with Crippen molar-refractivity contribution in [1.82, 2.24) is 20.5 Å². The summed E-state index contributed by atoms with van der Waals surface area (Å²) in [7, 11) is 0. The second-order valence-corrected chi connectivity index (χ2v) is 10.4. The highest BCUT2D eigenvalue weighted by Crippen LogP contribution is 2.21. The Labute approximate surface area is 236 Å². The number of H-pyrrole nitrogens is 1. The molecule has 41 heavy (non-hydrogen) atoms. The summed E-state index contributed by atoms with van der Waals surface area (Å²) in [6, 6.07) is 8.92. The number of para-hydroxylation sites is 1. The number of nitrogens with zero attached hydrogens (tertiary/aromatic N) is 1. The van der Waals surface area contributed by atoms with Crippen LogP contribution in [-0.2, 0) is 32.0 Å². The number of nitrogens with two attached hydrogens (primary N) is 1. The van der Waals surface area contributed by atoms with E-state index in [0.717, 1.165) is 10.9 Å². The molecule has 1 saturated heterocycles. The fourth-order valence-electron chi connectivity index (χ4n) is 5.04. The average molecular weight is 566 g/mol. The molecule has 3 amide bonds. The van der Waals surface area contributed by atoms with Gasteiger partial charge in [0.15, 0.2) is 0 Å². The van der Waals surface area contributed by atoms with E-state index in [0.29, 0.717) is 24.0 Å². The molecule has 5 atom stereocenters. The van der Waals surface area contributed by atoms with Gasteiger partial charge in [0.25, 0.3) is 0 Å². The van der Waals surface area contributed by atoms with Crippen LogP contribution in [0.5, 0.6) is 5.75 Å². The summed E-state index contributed by atoms with van der Waals surface area (Å²) < 4.78 is 0. The number of hydrogen-bond acceptors (Lipinski definition) is 7. The summed E-state index contributed by atoms with van der Waals surface area (Å²) in [5, 5.41) is 35.4. The first-order chi connectivity index (χ1) is 19.5. The maximum absolute atomic E-state index is 13.5. The first-order valence-electron chi connectivity index (χ1n) is 13.5. The van der Waals surface area contributed by atoms with E-state index < -0.39 is 54.0 Å². The summed E-state index contributed by atoms with van der Waals surface area (Å²) in [4.78, 5) is 56.3. The van der Waals surface area contributed by atoms with Gasteiger partial charge in [-0.2, -0.15) is 0 Å². The highest BCUT2D eigenvalue weighted by Gasteiger charge is 2.39. The topological polar surface area (TPSA) is 198 Å². The monoisotopic (exact) mass is 565 g/mol. The van der Waals surface area contributed by atoms with E-state index in [1.54, 1.807) is 18.3 Å². The van der Waals surface area contributed by atoms with E-state index in [-0.39, 0.29) is 25.1 Å². The van der Waals surface area contributed by atoms with Crippen molar-refractivity contribution in [1.29, 1.82) is 0 Å². The highest BCUT2D eigenvalue weighted by molar-refractivity contribution is 5.95. The first kappa shape index (κ1) is 29.6. The van der Waals surface area contributed by atoms with E-state index >= 15 is 0 Å². The van der Waals surface area contributed by atoms with Crippen molar-refractivity contribution < 1.29 is 34.5 Å². The molecule has 0 radical (unpaired) electrons. The lowest BCUT2D eigenvalue weighted by atomic mass is 10.0. The van der Waals surface area contributed by atoms with E-state index in [1.165, 1.54) is 24.0 Å². The van der Waals surface area contributed by atoms with Crippen LogP contribution in [0.1, 0.15) is 30.9 Å². The number of phenolic OH excluding ortho intramolecular Hbond substituents is 1. The van der Waals surface area contributed by atoms with E-state index in [4.69, 9.17) is 5.73 Å². The summed E-state index contributed by atoms with van der Waals surface area (Å²) in [5.74, 6) is -3.08. The molecule has 5 unspecified atom stereocenters. The van der Waals surface area contributed by atoms with Crippen LogP contribution in [-0.4, -0.2) is 85.7 Å². The molecule has 1 aromatic heterocycles. The number of aliphatic carboxylic acids is 1. The van der Waals surface area contributed by atoms with Crippen LogP contribution in [0.15, 0.2) is 54.7 Å². The number of likely N-dealkylation sites (tertiary alicyclic amines) is 1. The molecule has 2 heterocycles. The molecule has 2 aromatic carbocycles. The molecule has 4 rings (SSSR count). The molecular weight excluding hydrogens is 530 g/mol. The van der Waals surface area contributed by atoms with Crippen molar-refractivity contribution in [3.05, 3.63) is 65.9 Å². The zero-order chi connectivity index (χ0) is 29.7. The lowest BCUT2D eigenvalue weighted by Gasteiger charge is -2.29. The largest absolute Gasteiger partial charge is 0.508 e. The number of nitrogens with one attached hydrogen (secondary N) is 3. The van der Waals surface area contributed by atoms with Gasteiger partial charge in [-0.1, -0.05) is 30.3 Å². The third kappa shape index (κ3) is 7.02. The molecule has 12 nitrogen and oxygen atoms in total. The number of aliphatic hydroxyl groups excluding tert-OH is 1. The maximum atomic E-state index is 13.5. The lowest BCUT2D eigenvalue weighted by Crippen LogP contribution is -2.58. The number of aromatic hydroxyl groups is 1. The maximum Gasteiger partial charge on any atom is 0.326 e. The molecule has 1 aliphatic heterocycles. The molecule has 8 N–H and O–H groups in total. The van der Waals surface area contributed by atoms with Gasteiger partial charge in [-0.05, 0) is 49.1 Å². The quantitative estimate of drug-likeness (QED) is 0.173. The Hall–Kier alpha value is -4.42. The zero-order valence-electron chi connectivity index (χ0n) is 22.6. The minimum Gasteiger partial charge on any atom is -0.508 e. The highest BCUT2D eigenvalue weighted by atomic mass is 16.4. The Morgan fingerprint density at radius 3 is 2.44 bits per heavy atom. The van der Waals surface area contributed by atoms with Gasteiger partial charge in [0, 0.05) is 36.5 Å². The van der Waals surface area contributed by atoms with Crippen molar-refractivity contribution in [2.24, 2.45) is 5.73 Å². The minimum atomic E-state index is -1.28. The Bertz CT molecular complexity index is 1400. The number of carboxylic acids is 1. The van der Waals surface area contributed by atoms with Gasteiger partial charge in [0.1, 0.15) is 29.9 Å². The number of carbonyl (C=O) groups is 4. The van der Waals surface area contributed by atoms with Gasteiger partial charge >= 0.3 is 5.97 Å². The smallest absolute Gasteiger partial charge is 0.326 e. The number of carbonyl (C=O) groups excluding carboxylic acids is 3. The zero-order valence-corrected chi connectivity index (χ0v) is 22.6. The molecule has 3 aromatic rings. The number of rotatable bonds is 11. The molecule has 1 aliphatic rings. The summed E-state index contributed by atoms with van der Waals surface area (Å²) in [5.41, 5.74) is 7.98. The fourth-order valence-corrected chi connectivity index (χ4v) is 5.04. The summed E-state index contributed by atoms with van der Waals surface area (Å²) in [6.45, 7) is 1.67. The molecule has 0 aliphatic carbocycles. The van der Waals surface area contributed by atoms with Crippen LogP contribution in [0.25, 0.3) is 10.9 Å². The van der Waals surface area contributed by atoms with Crippen LogP contribution in [0.2, 0.25) is 0 Å². The number of fused-ring (bicyclic) bond motifs is 1. The standard InChI is InChI=1S/C29H35N5O7/c1-16(35)25(30)28(39)34-12-4-7-24(34)27(38)32-22(13-17-8-10-19(36)11-9-17)26(37)33-23(29(40)41)14-18-15-31-21-6-3-2-5-20(18)21/h2-3,5-6,8-11,15-16,22-25,31,35-36H,4,7,12-14,30H2,1H3,(H,32,38)(H,33,37)(H,40,41). The molecule has 0 saturated carbocycles. The Morgan fingerprint density at radius 1 is 1.05 bits per heavy atom. The van der Waals surface area contributed by atoms with E-state index in [9.17, 15) is 34.5 Å². The SMILES string of the molecule is CC(O)C(N)C(=O)N1CCCC1C(=O)NC(Cc1ccc(O)cc1)C(=O)NC(Cc1c[nH]c2ccccc12)C(=O)O. The van der Waals surface area contributed by atoms with Crippen molar-refractivity contribution in [2.75, 3.05) is 6.54 Å². The molecule has 1 fully saturated rings. The van der Waals surface area contributed by atoms with Crippen LogP contribution >= 0.6 is 0 Å². The van der Waals surface area contributed by atoms with Gasteiger partial charge in [-0.3, -0.25) is 14.4 Å². The first-order valence-corrected chi connectivity index (χ1v) is 13.5. The van der Waals surface area contributed by atoms with Gasteiger partial charge in [0.05, 0.1) is 6.10 Å².